The number of likely N-dealkylation sites (tertiary alicyclic amines) is 1. The molecule has 0 N–H and O–H groups in total. The minimum Gasteiger partial charge on any atom is -0.379 e. The van der Waals surface area contributed by atoms with Crippen LogP contribution in [0.4, 0.5) is 0 Å². The Balaban J connectivity index is 1.40. The molecular formula is C19H33N5O. The minimum absolute atomic E-state index is 0.548. The molecule has 140 valence electrons. The van der Waals surface area contributed by atoms with E-state index in [1.165, 1.54) is 63.9 Å². The van der Waals surface area contributed by atoms with Crippen LogP contribution in [0.25, 0.3) is 0 Å². The van der Waals surface area contributed by atoms with E-state index in [4.69, 9.17) is 4.74 Å². The highest BCUT2D eigenvalue weighted by Crippen LogP contribution is 2.31. The summed E-state index contributed by atoms with van der Waals surface area (Å²) in [6, 6.07) is 0.817. The quantitative estimate of drug-likeness (QED) is 0.835. The van der Waals surface area contributed by atoms with Gasteiger partial charge in [-0.2, -0.15) is 0 Å². The van der Waals surface area contributed by atoms with Gasteiger partial charge in [0, 0.05) is 38.6 Å². The van der Waals surface area contributed by atoms with Crippen LogP contribution in [0.15, 0.2) is 0 Å². The van der Waals surface area contributed by atoms with Crippen molar-refractivity contribution in [3.05, 3.63) is 11.6 Å². The Hall–Kier alpha value is -0.980. The van der Waals surface area contributed by atoms with Crippen molar-refractivity contribution in [2.75, 3.05) is 39.4 Å². The van der Waals surface area contributed by atoms with Gasteiger partial charge in [-0.1, -0.05) is 19.3 Å². The Morgan fingerprint density at radius 1 is 0.960 bits per heavy atom. The Bertz CT molecular complexity index is 548. The van der Waals surface area contributed by atoms with Crippen LogP contribution in [0.5, 0.6) is 0 Å². The molecule has 1 atom stereocenters. The van der Waals surface area contributed by atoms with E-state index in [2.05, 4.69) is 31.6 Å². The Kier molecular flexibility index (Phi) is 5.68. The first-order chi connectivity index (χ1) is 12.3. The molecule has 1 saturated carbocycles. The van der Waals surface area contributed by atoms with Crippen LogP contribution in [0.1, 0.15) is 62.5 Å². The summed E-state index contributed by atoms with van der Waals surface area (Å²) in [5.74, 6) is 2.85. The van der Waals surface area contributed by atoms with Gasteiger partial charge < -0.3 is 9.30 Å². The third-order valence-electron chi connectivity index (χ3n) is 6.38. The standard InChI is InChI=1S/C19H33N5O/c1-22-18(15-23-10-12-25-13-11-23)20-21-19(22)16-6-5-9-24(14-16)17-7-3-2-4-8-17/h16-17H,2-15H2,1H3. The Labute approximate surface area is 151 Å². The fourth-order valence-corrected chi connectivity index (χ4v) is 4.82. The molecule has 6 nitrogen and oxygen atoms in total. The fraction of sp³-hybridized carbons (Fsp3) is 0.895. The van der Waals surface area contributed by atoms with Crippen molar-refractivity contribution in [3.63, 3.8) is 0 Å². The van der Waals surface area contributed by atoms with E-state index in [-0.39, 0.29) is 0 Å². The van der Waals surface area contributed by atoms with E-state index in [1.807, 2.05) is 0 Å². The SMILES string of the molecule is Cn1c(CN2CCOCC2)nnc1C1CCCN(C2CCCCC2)C1. The van der Waals surface area contributed by atoms with E-state index in [0.29, 0.717) is 5.92 Å². The summed E-state index contributed by atoms with van der Waals surface area (Å²) in [5, 5.41) is 9.15. The number of nitrogens with zero attached hydrogens (tertiary/aromatic N) is 5. The number of hydrogen-bond donors (Lipinski definition) is 0. The zero-order valence-corrected chi connectivity index (χ0v) is 15.7. The minimum atomic E-state index is 0.548. The highest BCUT2D eigenvalue weighted by Gasteiger charge is 2.30. The summed E-state index contributed by atoms with van der Waals surface area (Å²) in [6.45, 7) is 7.02. The first kappa shape index (κ1) is 17.4. The number of aromatic nitrogens is 3. The third-order valence-corrected chi connectivity index (χ3v) is 6.38. The molecule has 2 saturated heterocycles. The van der Waals surface area contributed by atoms with Crippen molar-refractivity contribution < 1.29 is 4.74 Å². The molecule has 0 spiro atoms. The van der Waals surface area contributed by atoms with E-state index >= 15 is 0 Å². The predicted molar refractivity (Wildman–Crippen MR) is 97.5 cm³/mol. The number of rotatable bonds is 4. The molecule has 3 fully saturated rings. The molecule has 3 heterocycles. The average Bonchev–Trinajstić information content (AvgIpc) is 3.04. The highest BCUT2D eigenvalue weighted by atomic mass is 16.5. The van der Waals surface area contributed by atoms with Crippen LogP contribution >= 0.6 is 0 Å². The molecule has 1 aromatic rings. The third kappa shape index (κ3) is 4.07. The molecule has 1 unspecified atom stereocenters. The summed E-state index contributed by atoms with van der Waals surface area (Å²) in [6.07, 6.45) is 9.61. The van der Waals surface area contributed by atoms with Gasteiger partial charge in [0.1, 0.15) is 11.6 Å². The number of morpholine rings is 1. The van der Waals surface area contributed by atoms with Crippen molar-refractivity contribution in [2.24, 2.45) is 7.05 Å². The van der Waals surface area contributed by atoms with Gasteiger partial charge in [0.05, 0.1) is 19.8 Å². The first-order valence-corrected chi connectivity index (χ1v) is 10.2. The maximum atomic E-state index is 5.45. The van der Waals surface area contributed by atoms with Gasteiger partial charge in [0.2, 0.25) is 0 Å². The zero-order chi connectivity index (χ0) is 17.1. The molecule has 2 aliphatic heterocycles. The Morgan fingerprint density at radius 3 is 2.56 bits per heavy atom. The molecule has 25 heavy (non-hydrogen) atoms. The van der Waals surface area contributed by atoms with Crippen LogP contribution in [-0.4, -0.2) is 70.0 Å². The summed E-state index contributed by atoms with van der Waals surface area (Å²) in [4.78, 5) is 5.18. The van der Waals surface area contributed by atoms with Crippen LogP contribution in [0.2, 0.25) is 0 Å². The van der Waals surface area contributed by atoms with Crippen LogP contribution in [-0.2, 0) is 18.3 Å². The van der Waals surface area contributed by atoms with Crippen LogP contribution in [0, 0.1) is 0 Å². The van der Waals surface area contributed by atoms with Crippen molar-refractivity contribution in [3.8, 4) is 0 Å². The van der Waals surface area contributed by atoms with Gasteiger partial charge in [0.15, 0.2) is 0 Å². The molecule has 0 radical (unpaired) electrons. The predicted octanol–water partition coefficient (Wildman–Crippen LogP) is 2.16. The Morgan fingerprint density at radius 2 is 1.76 bits per heavy atom. The lowest BCUT2D eigenvalue weighted by Gasteiger charge is -2.39. The summed E-state index contributed by atoms with van der Waals surface area (Å²) >= 11 is 0. The van der Waals surface area contributed by atoms with Crippen molar-refractivity contribution >= 4 is 0 Å². The lowest BCUT2D eigenvalue weighted by molar-refractivity contribution is 0.0326. The van der Waals surface area contributed by atoms with Crippen LogP contribution < -0.4 is 0 Å². The van der Waals surface area contributed by atoms with E-state index < -0.39 is 0 Å². The largest absolute Gasteiger partial charge is 0.379 e. The molecule has 6 heteroatoms. The van der Waals surface area contributed by atoms with E-state index in [9.17, 15) is 0 Å². The second kappa shape index (κ2) is 8.14. The molecule has 1 aromatic heterocycles. The van der Waals surface area contributed by atoms with Crippen molar-refractivity contribution in [2.45, 2.75) is 63.5 Å². The van der Waals surface area contributed by atoms with Crippen molar-refractivity contribution in [1.29, 1.82) is 0 Å². The number of piperidine rings is 1. The van der Waals surface area contributed by atoms with Crippen molar-refractivity contribution in [1.82, 2.24) is 24.6 Å². The van der Waals surface area contributed by atoms with Gasteiger partial charge in [0.25, 0.3) is 0 Å². The maximum Gasteiger partial charge on any atom is 0.146 e. The van der Waals surface area contributed by atoms with Gasteiger partial charge in [-0.3, -0.25) is 9.80 Å². The smallest absolute Gasteiger partial charge is 0.146 e. The molecule has 4 rings (SSSR count). The zero-order valence-electron chi connectivity index (χ0n) is 15.7. The normalized spacial score (nSPS) is 27.6. The van der Waals surface area contributed by atoms with E-state index in [1.54, 1.807) is 0 Å². The van der Waals surface area contributed by atoms with Gasteiger partial charge in [-0.25, -0.2) is 0 Å². The van der Waals surface area contributed by atoms with E-state index in [0.717, 1.165) is 44.7 Å². The van der Waals surface area contributed by atoms with Crippen LogP contribution in [0.3, 0.4) is 0 Å². The monoisotopic (exact) mass is 347 g/mol. The summed E-state index contributed by atoms with van der Waals surface area (Å²) in [7, 11) is 2.16. The maximum absolute atomic E-state index is 5.45. The lowest BCUT2D eigenvalue weighted by atomic mass is 9.90. The van der Waals surface area contributed by atoms with Gasteiger partial charge in [-0.05, 0) is 32.2 Å². The number of hydrogen-bond acceptors (Lipinski definition) is 5. The molecule has 0 amide bonds. The molecule has 3 aliphatic rings. The molecule has 1 aliphatic carbocycles. The average molecular weight is 348 g/mol. The lowest BCUT2D eigenvalue weighted by Crippen LogP contribution is -2.43. The molecule has 0 aromatic carbocycles. The fourth-order valence-electron chi connectivity index (χ4n) is 4.82. The molecular weight excluding hydrogens is 314 g/mol. The summed E-state index contributed by atoms with van der Waals surface area (Å²) < 4.78 is 7.72. The topological polar surface area (TPSA) is 46.4 Å². The summed E-state index contributed by atoms with van der Waals surface area (Å²) in [5.41, 5.74) is 0. The highest BCUT2D eigenvalue weighted by molar-refractivity contribution is 5.04. The molecule has 0 bridgehead atoms. The second-order valence-corrected chi connectivity index (χ2v) is 8.05. The van der Waals surface area contributed by atoms with Gasteiger partial charge >= 0.3 is 0 Å². The first-order valence-electron chi connectivity index (χ1n) is 10.2. The second-order valence-electron chi connectivity index (χ2n) is 8.05. The number of ether oxygens (including phenoxy) is 1. The van der Waals surface area contributed by atoms with Gasteiger partial charge in [-0.15, -0.1) is 10.2 Å².